The molecule has 2 aromatic rings. The summed E-state index contributed by atoms with van der Waals surface area (Å²) in [6.45, 7) is 4.28. The first-order chi connectivity index (χ1) is 9.11. The van der Waals surface area contributed by atoms with Gasteiger partial charge < -0.3 is 0 Å². The number of carbonyl (C=O) groups is 1. The van der Waals surface area contributed by atoms with E-state index in [9.17, 15) is 4.79 Å². The number of aromatic nitrogens is 1. The Balaban J connectivity index is 1.75. The molecule has 0 radical (unpaired) electrons. The predicted molar refractivity (Wildman–Crippen MR) is 80.3 cm³/mol. The van der Waals surface area contributed by atoms with Crippen LogP contribution in [0.15, 0.2) is 12.1 Å². The molecule has 1 N–H and O–H groups in total. The van der Waals surface area contributed by atoms with Crippen LogP contribution >= 0.6 is 22.7 Å². The number of anilines is 1. The minimum Gasteiger partial charge on any atom is -0.297 e. The molecule has 0 unspecified atom stereocenters. The molecule has 5 heteroatoms. The summed E-state index contributed by atoms with van der Waals surface area (Å²) in [5, 5.41) is 3.67. The van der Waals surface area contributed by atoms with Crippen LogP contribution in [0.1, 0.15) is 38.5 Å². The lowest BCUT2D eigenvalue weighted by molar-refractivity contribution is 0.103. The summed E-state index contributed by atoms with van der Waals surface area (Å²) in [4.78, 5) is 19.9. The molecule has 1 amide bonds. The Labute approximate surface area is 120 Å². The van der Waals surface area contributed by atoms with Gasteiger partial charge in [0.15, 0.2) is 5.13 Å². The molecule has 0 fully saturated rings. The zero-order valence-electron chi connectivity index (χ0n) is 11.0. The Morgan fingerprint density at radius 1 is 1.42 bits per heavy atom. The van der Waals surface area contributed by atoms with Gasteiger partial charge in [0.2, 0.25) is 0 Å². The van der Waals surface area contributed by atoms with Crippen molar-refractivity contribution in [3.8, 4) is 0 Å². The van der Waals surface area contributed by atoms with Crippen LogP contribution < -0.4 is 5.32 Å². The molecule has 100 valence electrons. The molecule has 0 spiro atoms. The van der Waals surface area contributed by atoms with E-state index in [4.69, 9.17) is 0 Å². The van der Waals surface area contributed by atoms with Crippen molar-refractivity contribution in [3.63, 3.8) is 0 Å². The van der Waals surface area contributed by atoms with Gasteiger partial charge in [0.1, 0.15) is 0 Å². The van der Waals surface area contributed by atoms with Crippen LogP contribution in [-0.4, -0.2) is 10.9 Å². The summed E-state index contributed by atoms with van der Waals surface area (Å²) < 4.78 is 0. The Kier molecular flexibility index (Phi) is 3.41. The SMILES string of the molecule is Cc1ccc(C(=O)Nc2nc3c(s2)C[C@H](C)CC3)s1. The molecular formula is C14H16N2OS2. The number of rotatable bonds is 2. The zero-order chi connectivity index (χ0) is 13.4. The van der Waals surface area contributed by atoms with Gasteiger partial charge in [-0.2, -0.15) is 0 Å². The normalized spacial score (nSPS) is 18.1. The van der Waals surface area contributed by atoms with E-state index in [2.05, 4.69) is 17.2 Å². The molecule has 0 bridgehead atoms. The maximum absolute atomic E-state index is 12.1. The smallest absolute Gasteiger partial charge is 0.267 e. The molecule has 0 aromatic carbocycles. The molecule has 1 atom stereocenters. The molecule has 19 heavy (non-hydrogen) atoms. The van der Waals surface area contributed by atoms with Gasteiger partial charge in [-0.3, -0.25) is 10.1 Å². The lowest BCUT2D eigenvalue weighted by atomic mass is 9.93. The molecular weight excluding hydrogens is 276 g/mol. The Hall–Kier alpha value is -1.20. The first-order valence-electron chi connectivity index (χ1n) is 6.48. The summed E-state index contributed by atoms with van der Waals surface area (Å²) in [6.07, 6.45) is 3.34. The highest BCUT2D eigenvalue weighted by Crippen LogP contribution is 2.32. The van der Waals surface area contributed by atoms with Gasteiger partial charge >= 0.3 is 0 Å². The minimum atomic E-state index is -0.0442. The number of nitrogens with zero attached hydrogens (tertiary/aromatic N) is 1. The van der Waals surface area contributed by atoms with Crippen molar-refractivity contribution < 1.29 is 4.79 Å². The fourth-order valence-corrected chi connectivity index (χ4v) is 4.24. The summed E-state index contributed by atoms with van der Waals surface area (Å²) in [5.74, 6) is 0.689. The van der Waals surface area contributed by atoms with E-state index in [0.717, 1.165) is 33.6 Å². The van der Waals surface area contributed by atoms with Crippen molar-refractivity contribution in [1.82, 2.24) is 4.98 Å². The van der Waals surface area contributed by atoms with E-state index in [1.54, 1.807) is 11.3 Å². The second kappa shape index (κ2) is 5.06. The average Bonchev–Trinajstić information content (AvgIpc) is 2.94. The first-order valence-corrected chi connectivity index (χ1v) is 8.11. The van der Waals surface area contributed by atoms with Crippen LogP contribution in [0.2, 0.25) is 0 Å². The number of thiophene rings is 1. The first kappa shape index (κ1) is 12.8. The number of amides is 1. The molecule has 0 aliphatic heterocycles. The third kappa shape index (κ3) is 2.72. The molecule has 2 aromatic heterocycles. The van der Waals surface area contributed by atoms with E-state index in [-0.39, 0.29) is 5.91 Å². The van der Waals surface area contributed by atoms with Crippen LogP contribution in [0.5, 0.6) is 0 Å². The van der Waals surface area contributed by atoms with Gasteiger partial charge in [-0.25, -0.2) is 4.98 Å². The summed E-state index contributed by atoms with van der Waals surface area (Å²) in [7, 11) is 0. The molecule has 0 saturated heterocycles. The maximum Gasteiger partial charge on any atom is 0.267 e. The lowest BCUT2D eigenvalue weighted by Gasteiger charge is -2.15. The number of thiazole rings is 1. The van der Waals surface area contributed by atoms with Gasteiger partial charge in [-0.05, 0) is 44.2 Å². The molecule has 3 nitrogen and oxygen atoms in total. The molecule has 1 aliphatic carbocycles. The molecule has 0 saturated carbocycles. The van der Waals surface area contributed by atoms with E-state index in [0.29, 0.717) is 0 Å². The monoisotopic (exact) mass is 292 g/mol. The number of carbonyl (C=O) groups excluding carboxylic acids is 1. The largest absolute Gasteiger partial charge is 0.297 e. The van der Waals surface area contributed by atoms with Crippen LogP contribution in [-0.2, 0) is 12.8 Å². The van der Waals surface area contributed by atoms with E-state index in [1.807, 2.05) is 19.1 Å². The predicted octanol–water partition coefficient (Wildman–Crippen LogP) is 3.89. The highest BCUT2D eigenvalue weighted by atomic mass is 32.1. The summed E-state index contributed by atoms with van der Waals surface area (Å²) in [6, 6.07) is 3.83. The quantitative estimate of drug-likeness (QED) is 0.912. The zero-order valence-corrected chi connectivity index (χ0v) is 12.7. The van der Waals surface area contributed by atoms with Crippen molar-refractivity contribution in [2.24, 2.45) is 5.92 Å². The third-order valence-corrected chi connectivity index (χ3v) is 5.41. The molecule has 2 heterocycles. The second-order valence-electron chi connectivity index (χ2n) is 5.10. The number of aryl methyl sites for hydroxylation is 2. The van der Waals surface area contributed by atoms with Gasteiger partial charge in [0, 0.05) is 9.75 Å². The lowest BCUT2D eigenvalue weighted by Crippen LogP contribution is -2.10. The fourth-order valence-electron chi connectivity index (χ4n) is 2.31. The Morgan fingerprint density at radius 2 is 2.26 bits per heavy atom. The molecule has 3 rings (SSSR count). The van der Waals surface area contributed by atoms with E-state index in [1.165, 1.54) is 28.3 Å². The average molecular weight is 292 g/mol. The summed E-state index contributed by atoms with van der Waals surface area (Å²) >= 11 is 3.15. The highest BCUT2D eigenvalue weighted by Gasteiger charge is 2.20. The fraction of sp³-hybridized carbons (Fsp3) is 0.429. The Morgan fingerprint density at radius 3 is 3.00 bits per heavy atom. The van der Waals surface area contributed by atoms with Gasteiger partial charge in [-0.15, -0.1) is 22.7 Å². The van der Waals surface area contributed by atoms with E-state index < -0.39 is 0 Å². The van der Waals surface area contributed by atoms with Gasteiger partial charge in [0.25, 0.3) is 5.91 Å². The van der Waals surface area contributed by atoms with Crippen LogP contribution in [0.4, 0.5) is 5.13 Å². The maximum atomic E-state index is 12.1. The standard InChI is InChI=1S/C14H16N2OS2/c1-8-3-5-10-12(7-8)19-14(15-10)16-13(17)11-6-4-9(2)18-11/h4,6,8H,3,5,7H2,1-2H3,(H,15,16,17)/t8-/m1/s1. The highest BCUT2D eigenvalue weighted by molar-refractivity contribution is 7.16. The van der Waals surface area contributed by atoms with Crippen LogP contribution in [0.3, 0.4) is 0 Å². The number of fused-ring (bicyclic) bond motifs is 1. The number of hydrogen-bond acceptors (Lipinski definition) is 4. The van der Waals surface area contributed by atoms with Crippen LogP contribution in [0.25, 0.3) is 0 Å². The minimum absolute atomic E-state index is 0.0442. The summed E-state index contributed by atoms with van der Waals surface area (Å²) in [5.41, 5.74) is 1.18. The van der Waals surface area contributed by atoms with Crippen molar-refractivity contribution in [2.75, 3.05) is 5.32 Å². The number of nitrogens with one attached hydrogen (secondary N) is 1. The van der Waals surface area contributed by atoms with Crippen molar-refractivity contribution in [2.45, 2.75) is 33.1 Å². The van der Waals surface area contributed by atoms with Gasteiger partial charge in [-0.1, -0.05) is 6.92 Å². The van der Waals surface area contributed by atoms with Gasteiger partial charge in [0.05, 0.1) is 10.6 Å². The van der Waals surface area contributed by atoms with Crippen molar-refractivity contribution in [3.05, 3.63) is 32.5 Å². The Bertz CT molecular complexity index is 615. The van der Waals surface area contributed by atoms with Crippen LogP contribution in [0, 0.1) is 12.8 Å². The number of hydrogen-bond donors (Lipinski definition) is 1. The molecule has 1 aliphatic rings. The second-order valence-corrected chi connectivity index (χ2v) is 7.47. The van der Waals surface area contributed by atoms with E-state index >= 15 is 0 Å². The van der Waals surface area contributed by atoms with Crippen molar-refractivity contribution in [1.29, 1.82) is 0 Å². The topological polar surface area (TPSA) is 42.0 Å². The van der Waals surface area contributed by atoms with Crippen molar-refractivity contribution >= 4 is 33.7 Å². The third-order valence-electron chi connectivity index (χ3n) is 3.37.